The zero-order valence-corrected chi connectivity index (χ0v) is 15.7. The van der Waals surface area contributed by atoms with E-state index in [1.807, 2.05) is 19.1 Å². The number of halogens is 1. The van der Waals surface area contributed by atoms with Gasteiger partial charge in [0.1, 0.15) is 6.61 Å². The summed E-state index contributed by atoms with van der Waals surface area (Å²) in [5.41, 5.74) is 3.42. The first-order valence-corrected chi connectivity index (χ1v) is 8.88. The van der Waals surface area contributed by atoms with Crippen LogP contribution < -0.4 is 14.8 Å². The largest absolute Gasteiger partial charge is 0.490 e. The molecule has 0 saturated carbocycles. The van der Waals surface area contributed by atoms with Gasteiger partial charge < -0.3 is 19.9 Å². The van der Waals surface area contributed by atoms with Crippen molar-refractivity contribution in [2.24, 2.45) is 0 Å². The Balaban J connectivity index is 2.12. The number of hydrogen-bond acceptors (Lipinski definition) is 4. The number of nitrogens with one attached hydrogen (secondary N) is 1. The highest BCUT2D eigenvalue weighted by molar-refractivity contribution is 9.10. The van der Waals surface area contributed by atoms with Gasteiger partial charge in [0.05, 0.1) is 13.2 Å². The van der Waals surface area contributed by atoms with Crippen LogP contribution in [-0.4, -0.2) is 24.9 Å². The number of hydrogen-bond donors (Lipinski definition) is 2. The number of benzene rings is 2. The van der Waals surface area contributed by atoms with E-state index in [-0.39, 0.29) is 6.61 Å². The second-order valence-electron chi connectivity index (χ2n) is 5.50. The van der Waals surface area contributed by atoms with E-state index in [0.717, 1.165) is 27.1 Å². The van der Waals surface area contributed by atoms with Gasteiger partial charge in [0, 0.05) is 17.6 Å². The van der Waals surface area contributed by atoms with E-state index in [1.54, 1.807) is 0 Å². The van der Waals surface area contributed by atoms with E-state index in [1.165, 1.54) is 5.56 Å². The molecule has 0 bridgehead atoms. The molecule has 5 heteroatoms. The smallest absolute Gasteiger partial charge is 0.162 e. The molecular weight excluding hydrogens is 370 g/mol. The third kappa shape index (κ3) is 5.51. The molecule has 2 aromatic rings. The molecule has 0 aromatic heterocycles. The average molecular weight is 394 g/mol. The van der Waals surface area contributed by atoms with Crippen molar-refractivity contribution in [1.29, 1.82) is 0 Å². The summed E-state index contributed by atoms with van der Waals surface area (Å²) in [7, 11) is 0. The Labute approximate surface area is 151 Å². The number of aliphatic hydroxyl groups is 1. The molecular formula is C19H24BrNO3. The van der Waals surface area contributed by atoms with Crippen LogP contribution in [0, 0.1) is 6.92 Å². The summed E-state index contributed by atoms with van der Waals surface area (Å²) in [6.45, 7) is 6.42. The van der Waals surface area contributed by atoms with Gasteiger partial charge in [-0.05, 0) is 37.1 Å². The van der Waals surface area contributed by atoms with Gasteiger partial charge in [0.25, 0.3) is 0 Å². The van der Waals surface area contributed by atoms with Gasteiger partial charge in [-0.2, -0.15) is 0 Å². The highest BCUT2D eigenvalue weighted by atomic mass is 79.9. The molecule has 0 radical (unpaired) electrons. The lowest BCUT2D eigenvalue weighted by molar-refractivity contribution is 0.268. The topological polar surface area (TPSA) is 50.7 Å². The molecule has 0 aliphatic heterocycles. The minimum atomic E-state index is 0.119. The molecule has 2 N–H and O–H groups in total. The van der Waals surface area contributed by atoms with E-state index < -0.39 is 0 Å². The Morgan fingerprint density at radius 2 is 1.79 bits per heavy atom. The van der Waals surface area contributed by atoms with Gasteiger partial charge in [0.15, 0.2) is 11.5 Å². The zero-order valence-electron chi connectivity index (χ0n) is 14.1. The first-order chi connectivity index (χ1) is 11.6. The maximum Gasteiger partial charge on any atom is 0.162 e. The van der Waals surface area contributed by atoms with Crippen LogP contribution in [-0.2, 0) is 13.2 Å². The summed E-state index contributed by atoms with van der Waals surface area (Å²) < 4.78 is 12.6. The van der Waals surface area contributed by atoms with Gasteiger partial charge in [-0.15, -0.1) is 0 Å². The fraction of sp³-hybridized carbons (Fsp3) is 0.368. The number of ether oxygens (including phenoxy) is 2. The molecule has 0 aliphatic rings. The lowest BCUT2D eigenvalue weighted by atomic mass is 10.1. The average Bonchev–Trinajstić information content (AvgIpc) is 2.58. The quantitative estimate of drug-likeness (QED) is 0.635. The molecule has 0 saturated heterocycles. The van der Waals surface area contributed by atoms with Crippen LogP contribution in [0.4, 0.5) is 0 Å². The lowest BCUT2D eigenvalue weighted by Gasteiger charge is -2.15. The van der Waals surface area contributed by atoms with E-state index in [2.05, 4.69) is 52.4 Å². The van der Waals surface area contributed by atoms with Crippen molar-refractivity contribution in [3.8, 4) is 11.5 Å². The summed E-state index contributed by atoms with van der Waals surface area (Å²) in [5, 5.41) is 12.0. The van der Waals surface area contributed by atoms with Crippen LogP contribution in [0.2, 0.25) is 0 Å². The maximum absolute atomic E-state index is 8.87. The first kappa shape index (κ1) is 18.8. The van der Waals surface area contributed by atoms with Crippen LogP contribution in [0.15, 0.2) is 40.9 Å². The summed E-state index contributed by atoms with van der Waals surface area (Å²) in [6.07, 6.45) is 0. The summed E-state index contributed by atoms with van der Waals surface area (Å²) in [6, 6.07) is 12.2. The second-order valence-corrected chi connectivity index (χ2v) is 6.35. The van der Waals surface area contributed by atoms with Gasteiger partial charge in [-0.25, -0.2) is 0 Å². The molecule has 0 atom stereocenters. The van der Waals surface area contributed by atoms with Gasteiger partial charge in [-0.3, -0.25) is 0 Å². The van der Waals surface area contributed by atoms with E-state index >= 15 is 0 Å². The number of aryl methyl sites for hydroxylation is 1. The highest BCUT2D eigenvalue weighted by Gasteiger charge is 2.11. The molecule has 0 fully saturated rings. The van der Waals surface area contributed by atoms with Crippen molar-refractivity contribution in [3.63, 3.8) is 0 Å². The summed E-state index contributed by atoms with van der Waals surface area (Å²) >= 11 is 3.58. The SMILES string of the molecule is CCOc1cc(CNCCO)c(Br)cc1OCc1ccc(C)cc1. The minimum absolute atomic E-state index is 0.119. The fourth-order valence-corrected chi connectivity index (χ4v) is 2.70. The van der Waals surface area contributed by atoms with E-state index in [4.69, 9.17) is 14.6 Å². The minimum Gasteiger partial charge on any atom is -0.490 e. The van der Waals surface area contributed by atoms with Crippen LogP contribution in [0.3, 0.4) is 0 Å². The normalized spacial score (nSPS) is 10.7. The van der Waals surface area contributed by atoms with Crippen LogP contribution in [0.25, 0.3) is 0 Å². The molecule has 0 heterocycles. The number of aliphatic hydroxyl groups excluding tert-OH is 1. The van der Waals surface area contributed by atoms with Crippen LogP contribution in [0.1, 0.15) is 23.6 Å². The maximum atomic E-state index is 8.87. The highest BCUT2D eigenvalue weighted by Crippen LogP contribution is 2.34. The first-order valence-electron chi connectivity index (χ1n) is 8.09. The summed E-state index contributed by atoms with van der Waals surface area (Å²) in [4.78, 5) is 0. The predicted molar refractivity (Wildman–Crippen MR) is 99.6 cm³/mol. The standard InChI is InChI=1S/C19H24BrNO3/c1-3-23-18-10-16(12-21-8-9-22)17(20)11-19(18)24-13-15-6-4-14(2)5-7-15/h4-7,10-11,21-22H,3,8-9,12-13H2,1-2H3. The van der Waals surface area contributed by atoms with Crippen LogP contribution in [0.5, 0.6) is 11.5 Å². The Morgan fingerprint density at radius 3 is 2.46 bits per heavy atom. The second kappa shape index (κ2) is 9.67. The molecule has 2 rings (SSSR count). The van der Waals surface area contributed by atoms with Crippen molar-refractivity contribution in [3.05, 3.63) is 57.6 Å². The van der Waals surface area contributed by atoms with Crippen molar-refractivity contribution in [2.75, 3.05) is 19.8 Å². The Kier molecular flexibility index (Phi) is 7.56. The van der Waals surface area contributed by atoms with Gasteiger partial charge >= 0.3 is 0 Å². The summed E-state index contributed by atoms with van der Waals surface area (Å²) in [5.74, 6) is 1.45. The van der Waals surface area contributed by atoms with Crippen molar-refractivity contribution in [1.82, 2.24) is 5.32 Å². The van der Waals surface area contributed by atoms with Crippen molar-refractivity contribution < 1.29 is 14.6 Å². The third-order valence-electron chi connectivity index (χ3n) is 3.53. The molecule has 0 aliphatic carbocycles. The van der Waals surface area contributed by atoms with Crippen molar-refractivity contribution in [2.45, 2.75) is 27.0 Å². The zero-order chi connectivity index (χ0) is 17.4. The van der Waals surface area contributed by atoms with Crippen molar-refractivity contribution >= 4 is 15.9 Å². The lowest BCUT2D eigenvalue weighted by Crippen LogP contribution is -2.17. The molecule has 24 heavy (non-hydrogen) atoms. The molecule has 130 valence electrons. The molecule has 4 nitrogen and oxygen atoms in total. The Morgan fingerprint density at radius 1 is 1.08 bits per heavy atom. The predicted octanol–water partition coefficient (Wildman–Crippen LogP) is 3.82. The molecule has 0 unspecified atom stereocenters. The van der Waals surface area contributed by atoms with E-state index in [9.17, 15) is 0 Å². The Bertz CT molecular complexity index is 644. The third-order valence-corrected chi connectivity index (χ3v) is 4.27. The molecule has 2 aromatic carbocycles. The van der Waals surface area contributed by atoms with Gasteiger partial charge in [0.2, 0.25) is 0 Å². The number of rotatable bonds is 9. The molecule has 0 amide bonds. The molecule has 0 spiro atoms. The monoisotopic (exact) mass is 393 g/mol. The fourth-order valence-electron chi connectivity index (χ4n) is 2.24. The Hall–Kier alpha value is -1.56. The van der Waals surface area contributed by atoms with Gasteiger partial charge in [-0.1, -0.05) is 45.8 Å². The van der Waals surface area contributed by atoms with Crippen LogP contribution >= 0.6 is 15.9 Å². The van der Waals surface area contributed by atoms with E-state index in [0.29, 0.717) is 26.3 Å².